The minimum Gasteiger partial charge on any atom is -0.339 e. The van der Waals surface area contributed by atoms with E-state index in [-0.39, 0.29) is 13.1 Å². The van der Waals surface area contributed by atoms with Gasteiger partial charge in [0.05, 0.1) is 0 Å². The van der Waals surface area contributed by atoms with E-state index in [1.54, 1.807) is 13.8 Å². The summed E-state index contributed by atoms with van der Waals surface area (Å²) in [7, 11) is -11.6. The molecule has 1 atom stereocenters. The topological polar surface area (TPSA) is 88.6 Å². The molecule has 0 aromatic heterocycles. The number of amides is 1. The molecule has 1 amide bonds. The molecule has 0 rings (SSSR count). The smallest absolute Gasteiger partial charge is 0.339 e. The first kappa shape index (κ1) is 23.1. The molecule has 0 radical (unpaired) electrons. The van der Waals surface area contributed by atoms with Gasteiger partial charge in [-0.15, -0.1) is 0 Å². The van der Waals surface area contributed by atoms with Gasteiger partial charge in [-0.05, 0) is 12.8 Å². The van der Waals surface area contributed by atoms with E-state index in [1.807, 2.05) is 0 Å². The van der Waals surface area contributed by atoms with Crippen LogP contribution in [0.25, 0.3) is 0 Å². The van der Waals surface area contributed by atoms with Crippen molar-refractivity contribution < 1.29 is 39.2 Å². The fourth-order valence-corrected chi connectivity index (χ4v) is 4.87. The molecule has 0 heterocycles. The zero-order chi connectivity index (χ0) is 19.2. The monoisotopic (exact) mass is 399 g/mol. The Balaban J connectivity index is 5.32. The predicted octanol–water partition coefficient (Wildman–Crippen LogP) is 2.02. The maximum Gasteiger partial charge on any atom is 0.498 e. The van der Waals surface area contributed by atoms with Crippen LogP contribution < -0.4 is 0 Å². The van der Waals surface area contributed by atoms with Crippen molar-refractivity contribution in [1.29, 1.82) is 0 Å². The predicted molar refractivity (Wildman–Crippen MR) is 80.1 cm³/mol. The van der Waals surface area contributed by atoms with E-state index in [2.05, 4.69) is 0 Å². The van der Waals surface area contributed by atoms with Gasteiger partial charge in [0.1, 0.15) is 0 Å². The summed E-state index contributed by atoms with van der Waals surface area (Å²) in [6.45, 7) is 3.64. The Morgan fingerprint density at radius 2 is 1.42 bits per heavy atom. The lowest BCUT2D eigenvalue weighted by molar-refractivity contribution is -0.133. The van der Waals surface area contributed by atoms with Crippen molar-refractivity contribution >= 4 is 25.6 Å². The lowest BCUT2D eigenvalue weighted by Gasteiger charge is -2.24. The summed E-state index contributed by atoms with van der Waals surface area (Å²) < 4.78 is 95.7. The number of nitrogens with zero attached hydrogens (tertiary/aromatic N) is 1. The summed E-state index contributed by atoms with van der Waals surface area (Å²) in [6, 6.07) is 0. The summed E-state index contributed by atoms with van der Waals surface area (Å²) >= 11 is 0. The van der Waals surface area contributed by atoms with Crippen molar-refractivity contribution in [2.24, 2.45) is 0 Å². The first-order chi connectivity index (χ1) is 10.8. The second-order valence-electron chi connectivity index (χ2n) is 5.19. The van der Waals surface area contributed by atoms with Crippen molar-refractivity contribution in [3.8, 4) is 0 Å². The maximum atomic E-state index is 14.0. The molecule has 0 N–H and O–H groups in total. The van der Waals surface area contributed by atoms with Crippen LogP contribution in [0.3, 0.4) is 0 Å². The molecule has 12 heteroatoms. The summed E-state index contributed by atoms with van der Waals surface area (Å²) in [5.74, 6) is -1.53. The molecule has 0 saturated carbocycles. The fourth-order valence-electron chi connectivity index (χ4n) is 1.67. The number of unbranched alkanes of at least 4 members (excludes halogenated alkanes) is 2. The number of rotatable bonds is 10. The average Bonchev–Trinajstić information content (AvgIpc) is 2.43. The van der Waals surface area contributed by atoms with Gasteiger partial charge >= 0.3 is 5.51 Å². The molecular weight excluding hydrogens is 378 g/mol. The van der Waals surface area contributed by atoms with E-state index in [0.29, 0.717) is 25.7 Å². The fraction of sp³-hybridized carbons (Fsp3) is 0.917. The van der Waals surface area contributed by atoms with Crippen LogP contribution in [0.2, 0.25) is 0 Å². The van der Waals surface area contributed by atoms with E-state index in [4.69, 9.17) is 0 Å². The Hall–Kier alpha value is -0.910. The molecule has 0 aromatic rings. The minimum atomic E-state index is -6.09. The van der Waals surface area contributed by atoms with E-state index in [0.717, 1.165) is 4.90 Å². The summed E-state index contributed by atoms with van der Waals surface area (Å²) in [6.07, 6.45) is 2.15. The van der Waals surface area contributed by atoms with Gasteiger partial charge in [-0.1, -0.05) is 26.7 Å². The molecule has 144 valence electrons. The van der Waals surface area contributed by atoms with Crippen molar-refractivity contribution in [3.05, 3.63) is 0 Å². The van der Waals surface area contributed by atoms with Crippen molar-refractivity contribution in [2.45, 2.75) is 50.5 Å². The first-order valence-electron chi connectivity index (χ1n) is 7.23. The summed E-state index contributed by atoms with van der Waals surface area (Å²) in [4.78, 5) is 12.8. The van der Waals surface area contributed by atoms with Crippen molar-refractivity contribution in [1.82, 2.24) is 4.90 Å². The highest BCUT2D eigenvalue weighted by atomic mass is 32.3. The van der Waals surface area contributed by atoms with Gasteiger partial charge in [0.2, 0.25) is 9.84 Å². The molecule has 0 fully saturated rings. The van der Waals surface area contributed by atoms with Gasteiger partial charge in [0.25, 0.3) is 21.2 Å². The van der Waals surface area contributed by atoms with Crippen LogP contribution in [0.15, 0.2) is 0 Å². The Morgan fingerprint density at radius 3 is 1.75 bits per heavy atom. The van der Waals surface area contributed by atoms with Crippen LogP contribution in [0.5, 0.6) is 0 Å². The van der Waals surface area contributed by atoms with Crippen molar-refractivity contribution in [2.75, 3.05) is 18.2 Å². The molecule has 1 unspecified atom stereocenters. The molecule has 0 saturated heterocycles. The molecule has 0 aliphatic carbocycles. The highest BCUT2D eigenvalue weighted by Crippen LogP contribution is 2.26. The Labute approximate surface area is 139 Å². The van der Waals surface area contributed by atoms with E-state index >= 15 is 0 Å². The Bertz CT molecular complexity index is 608. The second kappa shape index (κ2) is 8.97. The summed E-state index contributed by atoms with van der Waals surface area (Å²) in [5.41, 5.74) is -9.18. The van der Waals surface area contributed by atoms with Crippen molar-refractivity contribution in [3.63, 3.8) is 0 Å². The zero-order valence-corrected chi connectivity index (χ0v) is 15.0. The van der Waals surface area contributed by atoms with Gasteiger partial charge in [-0.25, -0.2) is 21.2 Å². The molecule has 0 aromatic carbocycles. The molecule has 6 nitrogen and oxygen atoms in total. The van der Waals surface area contributed by atoms with Gasteiger partial charge in [-0.3, -0.25) is 4.79 Å². The number of halogens is 4. The lowest BCUT2D eigenvalue weighted by atomic mass is 10.2. The molecule has 0 bridgehead atoms. The van der Waals surface area contributed by atoms with Gasteiger partial charge < -0.3 is 4.90 Å². The number of hydrogen-bond acceptors (Lipinski definition) is 5. The summed E-state index contributed by atoms with van der Waals surface area (Å²) in [5, 5.41) is -2.49. The Morgan fingerprint density at radius 1 is 1.00 bits per heavy atom. The normalized spacial score (nSPS) is 14.4. The SMILES string of the molecule is CCCCN(CCCC)C(=O)C(F)S(=O)(=O)CS(=O)(=O)C(F)(F)F. The third kappa shape index (κ3) is 6.54. The highest BCUT2D eigenvalue weighted by Gasteiger charge is 2.51. The minimum absolute atomic E-state index is 0.0390. The van der Waals surface area contributed by atoms with Crippen LogP contribution >= 0.6 is 0 Å². The zero-order valence-electron chi connectivity index (χ0n) is 13.3. The van der Waals surface area contributed by atoms with E-state index in [9.17, 15) is 39.2 Å². The third-order valence-electron chi connectivity index (χ3n) is 3.06. The highest BCUT2D eigenvalue weighted by molar-refractivity contribution is 8.08. The molecule has 0 spiro atoms. The number of sulfone groups is 2. The van der Waals surface area contributed by atoms with Gasteiger partial charge in [-0.2, -0.15) is 13.2 Å². The lowest BCUT2D eigenvalue weighted by Crippen LogP contribution is -2.44. The average molecular weight is 399 g/mol. The van der Waals surface area contributed by atoms with Gasteiger partial charge in [0, 0.05) is 13.1 Å². The number of hydrogen-bond donors (Lipinski definition) is 0. The van der Waals surface area contributed by atoms with Crippen LogP contribution in [0, 0.1) is 0 Å². The standard InChI is InChI=1S/C12H21F4NO5S2/c1-3-5-7-17(8-6-4-2)11(18)10(13)23(19,20)9-24(21,22)12(14,15)16/h10H,3-9H2,1-2H3. The second-order valence-corrected chi connectivity index (χ2v) is 9.56. The number of carbonyl (C=O) groups is 1. The third-order valence-corrected chi connectivity index (χ3v) is 7.15. The molecular formula is C12H21F4NO5S2. The first-order valence-corrected chi connectivity index (χ1v) is 10.6. The van der Waals surface area contributed by atoms with Crippen LogP contribution in [0.4, 0.5) is 17.6 Å². The quantitative estimate of drug-likeness (QED) is 0.525. The van der Waals surface area contributed by atoms with Crippen LogP contribution in [0.1, 0.15) is 39.5 Å². The van der Waals surface area contributed by atoms with E-state index < -0.39 is 41.7 Å². The largest absolute Gasteiger partial charge is 0.498 e. The molecule has 24 heavy (non-hydrogen) atoms. The Kier molecular flexibility index (Phi) is 8.63. The van der Waals surface area contributed by atoms with Crippen LogP contribution in [-0.4, -0.2) is 56.8 Å². The number of carbonyl (C=O) groups excluding carboxylic acids is 1. The molecule has 0 aliphatic heterocycles. The number of alkyl halides is 4. The van der Waals surface area contributed by atoms with Crippen LogP contribution in [-0.2, 0) is 24.5 Å². The maximum absolute atomic E-state index is 14.0. The van der Waals surface area contributed by atoms with Gasteiger partial charge in [0.15, 0.2) is 5.08 Å². The molecule has 0 aliphatic rings. The van der Waals surface area contributed by atoms with E-state index in [1.165, 1.54) is 0 Å².